The maximum absolute atomic E-state index is 10.1. The van der Waals surface area contributed by atoms with Gasteiger partial charge in [0.05, 0.1) is 12.7 Å². The van der Waals surface area contributed by atoms with Gasteiger partial charge in [0, 0.05) is 24.2 Å². The summed E-state index contributed by atoms with van der Waals surface area (Å²) in [5.41, 5.74) is 0. The van der Waals surface area contributed by atoms with E-state index in [0.29, 0.717) is 24.2 Å². The molecule has 20 heavy (non-hydrogen) atoms. The van der Waals surface area contributed by atoms with Crippen molar-refractivity contribution in [3.8, 4) is 5.75 Å². The Morgan fingerprint density at radius 3 is 2.80 bits per heavy atom. The van der Waals surface area contributed by atoms with E-state index in [2.05, 4.69) is 18.7 Å². The van der Waals surface area contributed by atoms with Gasteiger partial charge in [-0.1, -0.05) is 11.6 Å². The van der Waals surface area contributed by atoms with E-state index in [9.17, 15) is 5.11 Å². The van der Waals surface area contributed by atoms with Gasteiger partial charge in [0.1, 0.15) is 18.5 Å². The number of benzene rings is 1. The molecule has 1 heterocycles. The van der Waals surface area contributed by atoms with Crippen molar-refractivity contribution in [3.05, 3.63) is 29.3 Å². The number of halogens is 1. The normalized spacial score (nSPS) is 25.4. The van der Waals surface area contributed by atoms with E-state index in [-0.39, 0.29) is 12.7 Å². The molecule has 0 amide bonds. The molecule has 0 aromatic heterocycles. The summed E-state index contributed by atoms with van der Waals surface area (Å²) in [4.78, 5) is 2.24. The molecule has 0 bridgehead atoms. The highest BCUT2D eigenvalue weighted by molar-refractivity contribution is 6.30. The van der Waals surface area contributed by atoms with Crippen molar-refractivity contribution in [2.75, 3.05) is 26.3 Å². The second-order valence-electron chi connectivity index (χ2n) is 5.37. The number of rotatable bonds is 5. The number of nitrogens with zero attached hydrogens (tertiary/aromatic N) is 1. The van der Waals surface area contributed by atoms with Gasteiger partial charge in [0.15, 0.2) is 0 Å². The first-order chi connectivity index (χ1) is 9.54. The Labute approximate surface area is 125 Å². The highest BCUT2D eigenvalue weighted by Gasteiger charge is 2.25. The minimum absolute atomic E-state index is 0.218. The third-order valence-electron chi connectivity index (χ3n) is 3.44. The van der Waals surface area contributed by atoms with Crippen LogP contribution in [0.2, 0.25) is 5.02 Å². The lowest BCUT2D eigenvalue weighted by Gasteiger charge is -2.37. The van der Waals surface area contributed by atoms with E-state index < -0.39 is 6.10 Å². The fraction of sp³-hybridized carbons (Fsp3) is 0.600. The molecule has 3 atom stereocenters. The Morgan fingerprint density at radius 1 is 1.40 bits per heavy atom. The number of hydrogen-bond donors (Lipinski definition) is 1. The molecule has 0 saturated carbocycles. The van der Waals surface area contributed by atoms with Gasteiger partial charge in [-0.05, 0) is 38.1 Å². The van der Waals surface area contributed by atoms with Gasteiger partial charge in [0.25, 0.3) is 0 Å². The summed E-state index contributed by atoms with van der Waals surface area (Å²) in [5.74, 6) is 0.719. The van der Waals surface area contributed by atoms with E-state index in [1.54, 1.807) is 24.3 Å². The average Bonchev–Trinajstić information content (AvgIpc) is 2.42. The molecule has 0 aliphatic carbocycles. The zero-order valence-electron chi connectivity index (χ0n) is 12.0. The first-order valence-electron chi connectivity index (χ1n) is 6.96. The van der Waals surface area contributed by atoms with Gasteiger partial charge >= 0.3 is 0 Å². The molecule has 1 aliphatic heterocycles. The third kappa shape index (κ3) is 4.63. The summed E-state index contributed by atoms with van der Waals surface area (Å²) in [6, 6.07) is 7.48. The Balaban J connectivity index is 1.77. The van der Waals surface area contributed by atoms with Gasteiger partial charge in [-0.2, -0.15) is 0 Å². The largest absolute Gasteiger partial charge is 0.491 e. The Hall–Kier alpha value is -0.810. The van der Waals surface area contributed by atoms with Crippen LogP contribution in [0.25, 0.3) is 0 Å². The van der Waals surface area contributed by atoms with Gasteiger partial charge in [-0.15, -0.1) is 0 Å². The highest BCUT2D eigenvalue weighted by atomic mass is 35.5. The number of β-amino-alcohol motifs (C(OH)–C–C–N with tert-alkyl or cyclic N) is 1. The van der Waals surface area contributed by atoms with Crippen LogP contribution in [-0.2, 0) is 4.74 Å². The molecule has 1 N–H and O–H groups in total. The van der Waals surface area contributed by atoms with Gasteiger partial charge < -0.3 is 14.6 Å². The van der Waals surface area contributed by atoms with Crippen LogP contribution < -0.4 is 4.74 Å². The fourth-order valence-corrected chi connectivity index (χ4v) is 2.40. The van der Waals surface area contributed by atoms with Crippen LogP contribution in [0.4, 0.5) is 0 Å². The van der Waals surface area contributed by atoms with Crippen LogP contribution in [-0.4, -0.2) is 54.6 Å². The van der Waals surface area contributed by atoms with Crippen molar-refractivity contribution >= 4 is 11.6 Å². The molecule has 0 spiro atoms. The quantitative estimate of drug-likeness (QED) is 0.905. The van der Waals surface area contributed by atoms with Crippen LogP contribution in [0.1, 0.15) is 13.8 Å². The van der Waals surface area contributed by atoms with Gasteiger partial charge in [-0.3, -0.25) is 4.90 Å². The summed E-state index contributed by atoms with van der Waals surface area (Å²) in [7, 11) is 0. The highest BCUT2D eigenvalue weighted by Crippen LogP contribution is 2.16. The molecule has 1 saturated heterocycles. The average molecular weight is 300 g/mol. The van der Waals surface area contributed by atoms with Crippen LogP contribution in [0.3, 0.4) is 0 Å². The predicted molar refractivity (Wildman–Crippen MR) is 79.4 cm³/mol. The number of morpholine rings is 1. The smallest absolute Gasteiger partial charge is 0.119 e. The molecule has 112 valence electrons. The maximum atomic E-state index is 10.1. The third-order valence-corrected chi connectivity index (χ3v) is 3.69. The molecule has 1 fully saturated rings. The molecule has 1 aromatic rings. The molecular weight excluding hydrogens is 278 g/mol. The lowest BCUT2D eigenvalue weighted by atomic mass is 10.2. The Bertz CT molecular complexity index is 412. The Kier molecular flexibility index (Phi) is 5.66. The van der Waals surface area contributed by atoms with Crippen molar-refractivity contribution in [3.63, 3.8) is 0 Å². The molecule has 3 unspecified atom stereocenters. The van der Waals surface area contributed by atoms with Crippen LogP contribution in [0.5, 0.6) is 5.75 Å². The summed E-state index contributed by atoms with van der Waals surface area (Å²) >= 11 is 5.81. The SMILES string of the molecule is CC1CN(CC(O)COc2ccc(Cl)cc2)C(C)CO1. The predicted octanol–water partition coefficient (Wildman–Crippen LogP) is 2.19. The molecule has 5 heteroatoms. The first-order valence-corrected chi connectivity index (χ1v) is 7.34. The van der Waals surface area contributed by atoms with Crippen molar-refractivity contribution in [1.29, 1.82) is 0 Å². The van der Waals surface area contributed by atoms with Crippen molar-refractivity contribution in [2.45, 2.75) is 32.1 Å². The molecular formula is C15H22ClNO3. The van der Waals surface area contributed by atoms with E-state index in [4.69, 9.17) is 21.1 Å². The topological polar surface area (TPSA) is 41.9 Å². The maximum Gasteiger partial charge on any atom is 0.119 e. The zero-order chi connectivity index (χ0) is 14.5. The van der Waals surface area contributed by atoms with Gasteiger partial charge in [-0.25, -0.2) is 0 Å². The lowest BCUT2D eigenvalue weighted by Crippen LogP contribution is -2.50. The number of aliphatic hydroxyl groups excluding tert-OH is 1. The lowest BCUT2D eigenvalue weighted by molar-refractivity contribution is -0.0650. The molecule has 2 rings (SSSR count). The molecule has 4 nitrogen and oxygen atoms in total. The van der Waals surface area contributed by atoms with Crippen LogP contribution in [0, 0.1) is 0 Å². The zero-order valence-corrected chi connectivity index (χ0v) is 12.7. The van der Waals surface area contributed by atoms with E-state index in [1.807, 2.05) is 0 Å². The molecule has 1 aromatic carbocycles. The van der Waals surface area contributed by atoms with E-state index in [1.165, 1.54) is 0 Å². The van der Waals surface area contributed by atoms with Gasteiger partial charge in [0.2, 0.25) is 0 Å². The molecule has 0 radical (unpaired) electrons. The second kappa shape index (κ2) is 7.27. The minimum Gasteiger partial charge on any atom is -0.491 e. The van der Waals surface area contributed by atoms with Crippen molar-refractivity contribution in [2.24, 2.45) is 0 Å². The number of aliphatic hydroxyl groups is 1. The summed E-state index contributed by atoms with van der Waals surface area (Å²) in [6.07, 6.45) is -0.297. The summed E-state index contributed by atoms with van der Waals surface area (Å²) < 4.78 is 11.1. The number of ether oxygens (including phenoxy) is 2. The van der Waals surface area contributed by atoms with E-state index >= 15 is 0 Å². The monoisotopic (exact) mass is 299 g/mol. The second-order valence-corrected chi connectivity index (χ2v) is 5.80. The number of hydrogen-bond acceptors (Lipinski definition) is 4. The minimum atomic E-state index is -0.515. The first kappa shape index (κ1) is 15.6. The van der Waals surface area contributed by atoms with E-state index in [0.717, 1.165) is 12.3 Å². The summed E-state index contributed by atoms with van der Waals surface area (Å²) in [6.45, 7) is 6.60. The van der Waals surface area contributed by atoms with Crippen LogP contribution in [0.15, 0.2) is 24.3 Å². The van der Waals surface area contributed by atoms with Crippen LogP contribution >= 0.6 is 11.6 Å². The summed E-state index contributed by atoms with van der Waals surface area (Å²) in [5, 5.41) is 10.8. The molecule has 1 aliphatic rings. The van der Waals surface area contributed by atoms with Crippen molar-refractivity contribution < 1.29 is 14.6 Å². The fourth-order valence-electron chi connectivity index (χ4n) is 2.27. The van der Waals surface area contributed by atoms with Crippen molar-refractivity contribution in [1.82, 2.24) is 4.90 Å². The standard InChI is InChI=1S/C15H22ClNO3/c1-11-9-19-12(2)7-17(11)8-14(18)10-20-15-5-3-13(16)4-6-15/h3-6,11-12,14,18H,7-10H2,1-2H3. The Morgan fingerprint density at radius 2 is 2.10 bits per heavy atom.